The van der Waals surface area contributed by atoms with Crippen LogP contribution < -0.4 is 5.32 Å². The first-order valence-electron chi connectivity index (χ1n) is 6.86. The van der Waals surface area contributed by atoms with Gasteiger partial charge in [0.25, 0.3) is 10.2 Å². The molecule has 0 saturated carbocycles. The number of piperazine rings is 1. The lowest BCUT2D eigenvalue weighted by Gasteiger charge is -2.32. The Hall–Kier alpha value is -1.53. The van der Waals surface area contributed by atoms with Crippen molar-refractivity contribution in [3.63, 3.8) is 0 Å². The lowest BCUT2D eigenvalue weighted by Crippen LogP contribution is -2.51. The summed E-state index contributed by atoms with van der Waals surface area (Å²) in [6.45, 7) is 2.65. The van der Waals surface area contributed by atoms with Gasteiger partial charge in [-0.1, -0.05) is 6.07 Å². The SMILES string of the molecule is N#CCCN(Cc1cccnc1)S(=O)(=O)N1CCNCC1. The van der Waals surface area contributed by atoms with Crippen molar-refractivity contribution in [1.82, 2.24) is 18.9 Å². The quantitative estimate of drug-likeness (QED) is 0.795. The van der Waals surface area contributed by atoms with E-state index in [1.165, 1.54) is 8.61 Å². The van der Waals surface area contributed by atoms with E-state index in [9.17, 15) is 8.42 Å². The van der Waals surface area contributed by atoms with Crippen LogP contribution in [0, 0.1) is 11.3 Å². The monoisotopic (exact) mass is 309 g/mol. The molecule has 1 aliphatic heterocycles. The smallest absolute Gasteiger partial charge is 0.282 e. The fourth-order valence-electron chi connectivity index (χ4n) is 2.18. The van der Waals surface area contributed by atoms with Gasteiger partial charge < -0.3 is 5.32 Å². The van der Waals surface area contributed by atoms with Gasteiger partial charge in [-0.2, -0.15) is 22.3 Å². The summed E-state index contributed by atoms with van der Waals surface area (Å²) in [6.07, 6.45) is 3.46. The summed E-state index contributed by atoms with van der Waals surface area (Å²) < 4.78 is 28.2. The van der Waals surface area contributed by atoms with Crippen LogP contribution in [0.2, 0.25) is 0 Å². The molecule has 2 heterocycles. The predicted molar refractivity (Wildman–Crippen MR) is 78.2 cm³/mol. The molecule has 1 aromatic rings. The molecule has 1 aliphatic rings. The zero-order chi connectivity index (χ0) is 15.1. The molecule has 1 aromatic heterocycles. The Kier molecular flexibility index (Phi) is 5.64. The molecule has 1 N–H and O–H groups in total. The lowest BCUT2D eigenvalue weighted by molar-refractivity contribution is 0.309. The highest BCUT2D eigenvalue weighted by atomic mass is 32.2. The second kappa shape index (κ2) is 7.47. The Morgan fingerprint density at radius 1 is 1.43 bits per heavy atom. The van der Waals surface area contributed by atoms with Gasteiger partial charge in [0.1, 0.15) is 0 Å². The van der Waals surface area contributed by atoms with Gasteiger partial charge in [-0.3, -0.25) is 4.98 Å². The van der Waals surface area contributed by atoms with Gasteiger partial charge in [-0.15, -0.1) is 0 Å². The van der Waals surface area contributed by atoms with E-state index in [2.05, 4.69) is 10.3 Å². The van der Waals surface area contributed by atoms with Crippen molar-refractivity contribution >= 4 is 10.2 Å². The summed E-state index contributed by atoms with van der Waals surface area (Å²) in [4.78, 5) is 4.00. The number of pyridine rings is 1. The number of hydrogen-bond donors (Lipinski definition) is 1. The molecular formula is C13H19N5O2S. The first kappa shape index (κ1) is 15.9. The molecule has 0 spiro atoms. The summed E-state index contributed by atoms with van der Waals surface area (Å²) in [7, 11) is -3.55. The van der Waals surface area contributed by atoms with E-state index < -0.39 is 10.2 Å². The fraction of sp³-hybridized carbons (Fsp3) is 0.538. The Balaban J connectivity index is 2.16. The summed E-state index contributed by atoms with van der Waals surface area (Å²) in [5, 5.41) is 11.9. The van der Waals surface area contributed by atoms with Crippen molar-refractivity contribution in [3.05, 3.63) is 30.1 Å². The molecule has 8 heteroatoms. The third-order valence-corrected chi connectivity index (χ3v) is 5.27. The second-order valence-corrected chi connectivity index (χ2v) is 6.69. The van der Waals surface area contributed by atoms with E-state index in [0.717, 1.165) is 5.56 Å². The zero-order valence-electron chi connectivity index (χ0n) is 11.8. The van der Waals surface area contributed by atoms with Gasteiger partial charge in [0.15, 0.2) is 0 Å². The molecule has 0 radical (unpaired) electrons. The molecule has 0 aliphatic carbocycles. The van der Waals surface area contributed by atoms with Gasteiger partial charge in [0.05, 0.1) is 6.07 Å². The van der Waals surface area contributed by atoms with Crippen molar-refractivity contribution < 1.29 is 8.42 Å². The molecule has 114 valence electrons. The number of aromatic nitrogens is 1. The van der Waals surface area contributed by atoms with E-state index in [1.54, 1.807) is 18.5 Å². The number of nitrogens with one attached hydrogen (secondary N) is 1. The Morgan fingerprint density at radius 3 is 2.81 bits per heavy atom. The minimum atomic E-state index is -3.55. The van der Waals surface area contributed by atoms with Gasteiger partial charge in [-0.05, 0) is 11.6 Å². The largest absolute Gasteiger partial charge is 0.314 e. The molecule has 0 amide bonds. The van der Waals surface area contributed by atoms with Crippen LogP contribution in [-0.2, 0) is 16.8 Å². The van der Waals surface area contributed by atoms with E-state index in [0.29, 0.717) is 26.2 Å². The third-order valence-electron chi connectivity index (χ3n) is 3.28. The lowest BCUT2D eigenvalue weighted by atomic mass is 10.3. The molecule has 21 heavy (non-hydrogen) atoms. The molecule has 0 aromatic carbocycles. The van der Waals surface area contributed by atoms with Gasteiger partial charge in [0, 0.05) is 58.1 Å². The Labute approximate surface area is 125 Å². The van der Waals surface area contributed by atoms with Crippen LogP contribution in [0.3, 0.4) is 0 Å². The number of nitrogens with zero attached hydrogens (tertiary/aromatic N) is 4. The highest BCUT2D eigenvalue weighted by molar-refractivity contribution is 7.86. The molecule has 0 bridgehead atoms. The zero-order valence-corrected chi connectivity index (χ0v) is 12.6. The summed E-state index contributed by atoms with van der Waals surface area (Å²) in [5.74, 6) is 0. The van der Waals surface area contributed by atoms with Gasteiger partial charge in [0.2, 0.25) is 0 Å². The highest BCUT2D eigenvalue weighted by Gasteiger charge is 2.30. The molecule has 0 unspecified atom stereocenters. The average molecular weight is 309 g/mol. The Morgan fingerprint density at radius 2 is 2.19 bits per heavy atom. The van der Waals surface area contributed by atoms with Crippen molar-refractivity contribution in [2.24, 2.45) is 0 Å². The van der Waals surface area contributed by atoms with Crippen LogP contribution in [0.4, 0.5) is 0 Å². The van der Waals surface area contributed by atoms with Crippen LogP contribution in [0.1, 0.15) is 12.0 Å². The second-order valence-electron chi connectivity index (χ2n) is 4.76. The normalized spacial score (nSPS) is 16.8. The van der Waals surface area contributed by atoms with E-state index in [4.69, 9.17) is 5.26 Å². The predicted octanol–water partition coefficient (Wildman–Crippen LogP) is -0.0527. The number of hydrogen-bond acceptors (Lipinski definition) is 5. The van der Waals surface area contributed by atoms with Crippen molar-refractivity contribution in [2.45, 2.75) is 13.0 Å². The standard InChI is InChI=1S/C13H19N5O2S/c14-4-2-8-18(12-13-3-1-5-16-11-13)21(19,20)17-9-6-15-7-10-17/h1,3,5,11,15H,2,6-10,12H2. The van der Waals surface area contributed by atoms with E-state index in [-0.39, 0.29) is 19.5 Å². The topological polar surface area (TPSA) is 89.3 Å². The third kappa shape index (κ3) is 4.22. The maximum Gasteiger partial charge on any atom is 0.282 e. The summed E-state index contributed by atoms with van der Waals surface area (Å²) in [6, 6.07) is 5.61. The Bertz CT molecular complexity index is 578. The van der Waals surface area contributed by atoms with Gasteiger partial charge >= 0.3 is 0 Å². The molecule has 0 atom stereocenters. The van der Waals surface area contributed by atoms with Crippen LogP contribution in [0.5, 0.6) is 0 Å². The number of rotatable bonds is 6. The highest BCUT2D eigenvalue weighted by Crippen LogP contribution is 2.14. The van der Waals surface area contributed by atoms with E-state index >= 15 is 0 Å². The minimum Gasteiger partial charge on any atom is -0.314 e. The molecular weight excluding hydrogens is 290 g/mol. The maximum atomic E-state index is 12.7. The van der Waals surface area contributed by atoms with Crippen molar-refractivity contribution in [3.8, 4) is 6.07 Å². The molecule has 1 saturated heterocycles. The van der Waals surface area contributed by atoms with Crippen LogP contribution in [0.15, 0.2) is 24.5 Å². The van der Waals surface area contributed by atoms with Crippen LogP contribution in [0.25, 0.3) is 0 Å². The van der Waals surface area contributed by atoms with Crippen LogP contribution in [-0.4, -0.2) is 54.7 Å². The van der Waals surface area contributed by atoms with Gasteiger partial charge in [-0.25, -0.2) is 0 Å². The van der Waals surface area contributed by atoms with E-state index in [1.807, 2.05) is 12.1 Å². The van der Waals surface area contributed by atoms with Crippen molar-refractivity contribution in [2.75, 3.05) is 32.7 Å². The van der Waals surface area contributed by atoms with Crippen LogP contribution >= 0.6 is 0 Å². The summed E-state index contributed by atoms with van der Waals surface area (Å²) in [5.41, 5.74) is 0.814. The minimum absolute atomic E-state index is 0.172. The summed E-state index contributed by atoms with van der Waals surface area (Å²) >= 11 is 0. The average Bonchev–Trinajstić information content (AvgIpc) is 2.53. The maximum absolute atomic E-state index is 12.7. The molecule has 2 rings (SSSR count). The molecule has 1 fully saturated rings. The van der Waals surface area contributed by atoms with Crippen molar-refractivity contribution in [1.29, 1.82) is 5.26 Å². The fourth-order valence-corrected chi connectivity index (χ4v) is 3.79. The number of nitriles is 1. The first-order chi connectivity index (χ1) is 10.1. The first-order valence-corrected chi connectivity index (χ1v) is 8.26. The molecule has 7 nitrogen and oxygen atoms in total.